The van der Waals surface area contributed by atoms with Crippen LogP contribution in [0.1, 0.15) is 10.4 Å². The lowest BCUT2D eigenvalue weighted by Crippen LogP contribution is -2.50. The van der Waals surface area contributed by atoms with Crippen LogP contribution in [0.25, 0.3) is 0 Å². The summed E-state index contributed by atoms with van der Waals surface area (Å²) in [6.07, 6.45) is -1.06. The molecule has 35 heavy (non-hydrogen) atoms. The van der Waals surface area contributed by atoms with Gasteiger partial charge in [-0.15, -0.1) is 0 Å². The largest absolute Gasteiger partial charge is 0.449 e. The zero-order valence-corrected chi connectivity index (χ0v) is 20.0. The van der Waals surface area contributed by atoms with Gasteiger partial charge in [-0.05, 0) is 12.1 Å². The molecule has 186 valence electrons. The number of carbonyl (C=O) groups is 2. The molecule has 5 atom stereocenters. The third-order valence-corrected chi connectivity index (χ3v) is 6.15. The number of hydrogen-bond acceptors (Lipinski definition) is 9. The minimum absolute atomic E-state index is 0.0561. The van der Waals surface area contributed by atoms with Crippen molar-refractivity contribution in [2.75, 3.05) is 33.6 Å². The zero-order chi connectivity index (χ0) is 25.2. The van der Waals surface area contributed by atoms with E-state index in [0.29, 0.717) is 5.56 Å². The Kier molecular flexibility index (Phi) is 7.15. The molecule has 0 saturated carbocycles. The van der Waals surface area contributed by atoms with Crippen molar-refractivity contribution in [3.05, 3.63) is 60.1 Å². The number of amides is 1. The highest BCUT2D eigenvalue weighted by molar-refractivity contribution is 7.51. The van der Waals surface area contributed by atoms with Gasteiger partial charge >= 0.3 is 13.6 Å². The highest BCUT2D eigenvalue weighted by Gasteiger charge is 2.65. The second-order valence-electron chi connectivity index (χ2n) is 8.21. The van der Waals surface area contributed by atoms with E-state index >= 15 is 0 Å². The number of hydrogen-bond donors (Lipinski definition) is 2. The van der Waals surface area contributed by atoms with Gasteiger partial charge in [-0.2, -0.15) is 0 Å². The normalized spacial score (nSPS) is 29.1. The molecule has 1 aromatic carbocycles. The second kappa shape index (κ2) is 9.95. The van der Waals surface area contributed by atoms with Crippen LogP contribution in [0.15, 0.2) is 54.5 Å². The molecule has 0 aromatic heterocycles. The Hall–Kier alpha value is -2.97. The first-order chi connectivity index (χ1) is 16.6. The van der Waals surface area contributed by atoms with Crippen LogP contribution in [0.3, 0.4) is 0 Å². The lowest BCUT2D eigenvalue weighted by molar-refractivity contribution is -0.196. The van der Waals surface area contributed by atoms with Crippen LogP contribution in [0, 0.1) is 11.8 Å². The first-order valence-electron chi connectivity index (χ1n) is 10.6. The second-order valence-corrected chi connectivity index (χ2v) is 10.0. The summed E-state index contributed by atoms with van der Waals surface area (Å²) in [5, 5.41) is 2.60. The van der Waals surface area contributed by atoms with Crippen LogP contribution in [0.4, 0.5) is 0 Å². The minimum Gasteiger partial charge on any atom is -0.449 e. The fourth-order valence-electron chi connectivity index (χ4n) is 4.08. The molecule has 2 N–H and O–H groups in total. The third kappa shape index (κ3) is 5.33. The summed E-state index contributed by atoms with van der Waals surface area (Å²) < 4.78 is 39.8. The predicted molar refractivity (Wildman–Crippen MR) is 122 cm³/mol. The number of carbonyl (C=O) groups excluding carboxylic acids is 2. The van der Waals surface area contributed by atoms with E-state index in [2.05, 4.69) is 23.7 Å². The summed E-state index contributed by atoms with van der Waals surface area (Å²) in [5.41, 5.74) is -0.659. The van der Waals surface area contributed by atoms with Gasteiger partial charge in [0.25, 0.3) is 5.91 Å². The summed E-state index contributed by atoms with van der Waals surface area (Å²) in [6.45, 7) is 4.87. The number of ether oxygens (including phenoxy) is 4. The van der Waals surface area contributed by atoms with Gasteiger partial charge in [-0.1, -0.05) is 36.6 Å². The number of benzene rings is 1. The number of nitrogens with zero attached hydrogens (tertiary/aromatic N) is 1. The molecule has 3 aliphatic heterocycles. The molecule has 1 aromatic rings. The van der Waals surface area contributed by atoms with Crippen LogP contribution >= 0.6 is 7.60 Å². The fourth-order valence-corrected chi connectivity index (χ4v) is 4.81. The quantitative estimate of drug-likeness (QED) is 0.315. The van der Waals surface area contributed by atoms with Crippen molar-refractivity contribution in [1.82, 2.24) is 10.2 Å². The van der Waals surface area contributed by atoms with Gasteiger partial charge < -0.3 is 34.1 Å². The molecule has 4 rings (SSSR count). The molecule has 3 heterocycles. The van der Waals surface area contributed by atoms with E-state index in [1.54, 1.807) is 30.3 Å². The van der Waals surface area contributed by atoms with E-state index < -0.39 is 43.5 Å². The van der Waals surface area contributed by atoms with Gasteiger partial charge in [-0.3, -0.25) is 13.9 Å². The Balaban J connectivity index is 1.50. The number of fused-ring (bicyclic) bond motifs is 2. The molecule has 12 heteroatoms. The Morgan fingerprint density at radius 3 is 2.83 bits per heavy atom. The summed E-state index contributed by atoms with van der Waals surface area (Å²) in [7, 11) is -2.40. The van der Waals surface area contributed by atoms with Gasteiger partial charge in [0.1, 0.15) is 29.2 Å². The topological polar surface area (TPSA) is 133 Å². The fraction of sp³-hybridized carbons (Fsp3) is 0.391. The maximum atomic E-state index is 12.4. The maximum absolute atomic E-state index is 12.4. The van der Waals surface area contributed by atoms with Crippen LogP contribution in [0.2, 0.25) is 0 Å². The van der Waals surface area contributed by atoms with Crippen molar-refractivity contribution in [2.45, 2.75) is 24.0 Å². The highest BCUT2D eigenvalue weighted by Crippen LogP contribution is 2.51. The molecule has 2 bridgehead atoms. The van der Waals surface area contributed by atoms with Crippen LogP contribution < -0.4 is 5.32 Å². The smallest absolute Gasteiger partial charge is 0.339 e. The number of methoxy groups -OCH3 is 1. The molecule has 11 nitrogen and oxygen atoms in total. The SMILES string of the molecule is C=C1NC(=O)C(C#CCOC(=O)c2ccccc2)=CN1[C@@H]1O[C@@]2(COC)COC1[C@H]2OP(C)(=O)O. The van der Waals surface area contributed by atoms with Gasteiger partial charge in [0.15, 0.2) is 12.8 Å². The summed E-state index contributed by atoms with van der Waals surface area (Å²) >= 11 is 0. The Morgan fingerprint density at radius 2 is 2.14 bits per heavy atom. The van der Waals surface area contributed by atoms with Crippen molar-refractivity contribution in [2.24, 2.45) is 0 Å². The van der Waals surface area contributed by atoms with Crippen molar-refractivity contribution in [3.8, 4) is 11.8 Å². The average molecular weight is 504 g/mol. The molecule has 2 saturated heterocycles. The molecule has 1 amide bonds. The molecule has 3 aliphatic rings. The van der Waals surface area contributed by atoms with E-state index in [-0.39, 0.29) is 31.2 Å². The summed E-state index contributed by atoms with van der Waals surface area (Å²) in [6, 6.07) is 8.46. The lowest BCUT2D eigenvalue weighted by Gasteiger charge is -2.38. The molecule has 2 fully saturated rings. The van der Waals surface area contributed by atoms with Crippen LogP contribution in [0.5, 0.6) is 0 Å². The molecular formula is C23H25N2O9P. The van der Waals surface area contributed by atoms with E-state index in [4.69, 9.17) is 23.5 Å². The monoisotopic (exact) mass is 504 g/mol. The Bertz CT molecular complexity index is 1150. The van der Waals surface area contributed by atoms with E-state index in [1.807, 2.05) is 0 Å². The van der Waals surface area contributed by atoms with Crippen molar-refractivity contribution in [1.29, 1.82) is 0 Å². The molecule has 0 radical (unpaired) electrons. The minimum atomic E-state index is -3.87. The van der Waals surface area contributed by atoms with Crippen LogP contribution in [-0.2, 0) is 32.8 Å². The highest BCUT2D eigenvalue weighted by atomic mass is 31.2. The molecule has 0 aliphatic carbocycles. The van der Waals surface area contributed by atoms with Crippen LogP contribution in [-0.4, -0.2) is 79.3 Å². The van der Waals surface area contributed by atoms with Crippen molar-refractivity contribution < 1.29 is 42.5 Å². The predicted octanol–water partition coefficient (Wildman–Crippen LogP) is 0.974. The molecule has 2 unspecified atom stereocenters. The van der Waals surface area contributed by atoms with Gasteiger partial charge in [0.05, 0.1) is 18.8 Å². The zero-order valence-electron chi connectivity index (χ0n) is 19.1. The standard InChI is InChI=1S/C23H25N2O9P/c1-15-24-20(26)17(10-7-11-31-22(27)16-8-5-4-6-9-16)12-25(15)21-18-19(34-35(3,28)29)23(33-21,13-30-2)14-32-18/h4-6,8-9,12,18-19,21H,1,11,13-14H2,2-3H3,(H,24,26)(H,28,29)/t18?,19-,21-,23+/m1/s1. The maximum Gasteiger partial charge on any atom is 0.339 e. The van der Waals surface area contributed by atoms with E-state index in [0.717, 1.165) is 6.66 Å². The van der Waals surface area contributed by atoms with Crippen molar-refractivity contribution >= 4 is 19.5 Å². The Labute approximate surface area is 202 Å². The average Bonchev–Trinajstić information content (AvgIpc) is 3.28. The summed E-state index contributed by atoms with van der Waals surface area (Å²) in [4.78, 5) is 35.8. The lowest BCUT2D eigenvalue weighted by atomic mass is 10.0. The number of esters is 1. The van der Waals surface area contributed by atoms with E-state index in [1.165, 1.54) is 18.2 Å². The first kappa shape index (κ1) is 25.1. The van der Waals surface area contributed by atoms with Gasteiger partial charge in [-0.25, -0.2) is 4.79 Å². The number of rotatable bonds is 7. The van der Waals surface area contributed by atoms with Crippen molar-refractivity contribution in [3.63, 3.8) is 0 Å². The molecule has 0 spiro atoms. The van der Waals surface area contributed by atoms with Gasteiger partial charge in [0.2, 0.25) is 0 Å². The Morgan fingerprint density at radius 1 is 1.40 bits per heavy atom. The first-order valence-corrected chi connectivity index (χ1v) is 12.6. The number of nitrogens with one attached hydrogen (secondary N) is 1. The third-order valence-electron chi connectivity index (χ3n) is 5.54. The van der Waals surface area contributed by atoms with Gasteiger partial charge in [0, 0.05) is 20.0 Å². The van der Waals surface area contributed by atoms with E-state index in [9.17, 15) is 19.0 Å². The summed E-state index contributed by atoms with van der Waals surface area (Å²) in [5.74, 6) is 4.51. The molecular weight excluding hydrogens is 479 g/mol.